The SMILES string of the molecule is Cc1ccc(NC(=O)CCCN(C)S(=O)(=O)c2ccc(F)cc2)c2cccnc12. The fraction of sp³-hybridized carbons (Fsp3) is 0.238. The number of aryl methyl sites for hydroxylation is 1. The van der Waals surface area contributed by atoms with Crippen molar-refractivity contribution in [1.82, 2.24) is 9.29 Å². The molecule has 0 radical (unpaired) electrons. The molecule has 3 rings (SSSR count). The maximum Gasteiger partial charge on any atom is 0.242 e. The number of halogens is 1. The van der Waals surface area contributed by atoms with Crippen molar-refractivity contribution in [2.45, 2.75) is 24.7 Å². The van der Waals surface area contributed by atoms with Gasteiger partial charge in [-0.25, -0.2) is 17.1 Å². The third-order valence-electron chi connectivity index (χ3n) is 4.64. The summed E-state index contributed by atoms with van der Waals surface area (Å²) in [6, 6.07) is 12.1. The zero-order valence-electron chi connectivity index (χ0n) is 16.2. The number of nitrogens with one attached hydrogen (secondary N) is 1. The van der Waals surface area contributed by atoms with Crippen molar-refractivity contribution < 1.29 is 17.6 Å². The molecule has 0 saturated heterocycles. The quantitative estimate of drug-likeness (QED) is 0.638. The van der Waals surface area contributed by atoms with E-state index in [1.165, 1.54) is 23.5 Å². The van der Waals surface area contributed by atoms with E-state index in [9.17, 15) is 17.6 Å². The lowest BCUT2D eigenvalue weighted by Crippen LogP contribution is -2.28. The van der Waals surface area contributed by atoms with Crippen LogP contribution >= 0.6 is 0 Å². The highest BCUT2D eigenvalue weighted by Crippen LogP contribution is 2.24. The molecule has 0 saturated carbocycles. The van der Waals surface area contributed by atoms with Crippen molar-refractivity contribution in [2.75, 3.05) is 18.9 Å². The summed E-state index contributed by atoms with van der Waals surface area (Å²) >= 11 is 0. The first-order valence-corrected chi connectivity index (χ1v) is 10.6. The van der Waals surface area contributed by atoms with E-state index in [2.05, 4.69) is 10.3 Å². The molecule has 0 fully saturated rings. The summed E-state index contributed by atoms with van der Waals surface area (Å²) in [4.78, 5) is 16.7. The second kappa shape index (κ2) is 8.67. The number of aromatic nitrogens is 1. The first kappa shape index (κ1) is 20.9. The minimum atomic E-state index is -3.72. The fourth-order valence-electron chi connectivity index (χ4n) is 3.00. The van der Waals surface area contributed by atoms with Crippen LogP contribution in [0.5, 0.6) is 0 Å². The Hall–Kier alpha value is -2.84. The lowest BCUT2D eigenvalue weighted by molar-refractivity contribution is -0.116. The van der Waals surface area contributed by atoms with Crippen LogP contribution in [-0.4, -0.2) is 37.2 Å². The van der Waals surface area contributed by atoms with Gasteiger partial charge in [0.2, 0.25) is 15.9 Å². The molecule has 8 heteroatoms. The maximum atomic E-state index is 13.0. The smallest absolute Gasteiger partial charge is 0.242 e. The minimum absolute atomic E-state index is 0.0180. The standard InChI is InChI=1S/C21H22FN3O3S/c1-15-7-12-19(18-5-3-13-23-21(15)18)24-20(26)6-4-14-25(2)29(27,28)17-10-8-16(22)9-11-17/h3,5,7-13H,4,6,14H2,1-2H3,(H,24,26). The summed E-state index contributed by atoms with van der Waals surface area (Å²) in [5, 5.41) is 3.73. The summed E-state index contributed by atoms with van der Waals surface area (Å²) in [5.41, 5.74) is 2.53. The Morgan fingerprint density at radius 1 is 1.14 bits per heavy atom. The molecule has 29 heavy (non-hydrogen) atoms. The highest BCUT2D eigenvalue weighted by Gasteiger charge is 2.20. The number of pyridine rings is 1. The molecule has 152 valence electrons. The molecule has 1 N–H and O–H groups in total. The van der Waals surface area contributed by atoms with Crippen molar-refractivity contribution in [3.05, 3.63) is 66.1 Å². The van der Waals surface area contributed by atoms with Gasteiger partial charge in [-0.1, -0.05) is 6.07 Å². The van der Waals surface area contributed by atoms with Gasteiger partial charge in [0, 0.05) is 31.6 Å². The third kappa shape index (κ3) is 4.78. The lowest BCUT2D eigenvalue weighted by Gasteiger charge is -2.17. The van der Waals surface area contributed by atoms with Crippen LogP contribution in [0.4, 0.5) is 10.1 Å². The zero-order chi connectivity index (χ0) is 21.0. The fourth-order valence-corrected chi connectivity index (χ4v) is 4.21. The Morgan fingerprint density at radius 2 is 1.86 bits per heavy atom. The monoisotopic (exact) mass is 415 g/mol. The molecule has 0 aliphatic heterocycles. The Morgan fingerprint density at radius 3 is 2.59 bits per heavy atom. The second-order valence-corrected chi connectivity index (χ2v) is 8.81. The molecule has 2 aromatic carbocycles. The molecule has 0 spiro atoms. The van der Waals surface area contributed by atoms with Crippen molar-refractivity contribution in [2.24, 2.45) is 0 Å². The van der Waals surface area contributed by atoms with Crippen molar-refractivity contribution in [3.8, 4) is 0 Å². The van der Waals surface area contributed by atoms with Gasteiger partial charge in [-0.2, -0.15) is 0 Å². The predicted octanol–water partition coefficient (Wildman–Crippen LogP) is 3.72. The number of carbonyl (C=O) groups is 1. The van der Waals surface area contributed by atoms with E-state index in [1.54, 1.807) is 6.20 Å². The van der Waals surface area contributed by atoms with Crippen LogP contribution in [0.1, 0.15) is 18.4 Å². The number of rotatable bonds is 7. The molecule has 0 aliphatic rings. The highest BCUT2D eigenvalue weighted by atomic mass is 32.2. The second-order valence-electron chi connectivity index (χ2n) is 6.76. The molecule has 3 aromatic rings. The van der Waals surface area contributed by atoms with E-state index in [4.69, 9.17) is 0 Å². The topological polar surface area (TPSA) is 79.4 Å². The van der Waals surface area contributed by atoms with E-state index in [0.29, 0.717) is 12.1 Å². The average Bonchev–Trinajstić information content (AvgIpc) is 2.70. The van der Waals surface area contributed by atoms with Crippen LogP contribution in [-0.2, 0) is 14.8 Å². The first-order chi connectivity index (χ1) is 13.8. The number of benzene rings is 2. The van der Waals surface area contributed by atoms with Gasteiger partial charge in [-0.05, 0) is 61.4 Å². The molecule has 1 aromatic heterocycles. The Kier molecular flexibility index (Phi) is 6.24. The normalized spacial score (nSPS) is 11.7. The number of nitrogens with zero attached hydrogens (tertiary/aromatic N) is 2. The molecule has 0 unspecified atom stereocenters. The van der Waals surface area contributed by atoms with E-state index >= 15 is 0 Å². The Bertz CT molecular complexity index is 1130. The average molecular weight is 415 g/mol. The van der Waals surface area contributed by atoms with Crippen LogP contribution < -0.4 is 5.32 Å². The largest absolute Gasteiger partial charge is 0.325 e. The van der Waals surface area contributed by atoms with Gasteiger partial charge >= 0.3 is 0 Å². The zero-order valence-corrected chi connectivity index (χ0v) is 17.0. The van der Waals surface area contributed by atoms with Crippen molar-refractivity contribution in [3.63, 3.8) is 0 Å². The number of carbonyl (C=O) groups excluding carboxylic acids is 1. The molecule has 1 amide bonds. The first-order valence-electron chi connectivity index (χ1n) is 9.15. The van der Waals surface area contributed by atoms with Gasteiger partial charge in [-0.3, -0.25) is 9.78 Å². The number of fused-ring (bicyclic) bond motifs is 1. The van der Waals surface area contributed by atoms with Gasteiger partial charge < -0.3 is 5.32 Å². The summed E-state index contributed by atoms with van der Waals surface area (Å²) < 4.78 is 39.1. The number of amides is 1. The summed E-state index contributed by atoms with van der Waals surface area (Å²) in [6.07, 6.45) is 2.22. The van der Waals surface area contributed by atoms with Crippen molar-refractivity contribution >= 4 is 32.5 Å². The molecule has 0 aliphatic carbocycles. The predicted molar refractivity (Wildman–Crippen MR) is 111 cm³/mol. The lowest BCUT2D eigenvalue weighted by atomic mass is 10.1. The van der Waals surface area contributed by atoms with E-state index in [1.807, 2.05) is 31.2 Å². The molecule has 0 atom stereocenters. The molecular formula is C21H22FN3O3S. The van der Waals surface area contributed by atoms with Gasteiger partial charge in [-0.15, -0.1) is 0 Å². The molecular weight excluding hydrogens is 393 g/mol. The molecule has 0 bridgehead atoms. The Balaban J connectivity index is 1.59. The van der Waals surface area contributed by atoms with Crippen LogP contribution in [0.2, 0.25) is 0 Å². The van der Waals surface area contributed by atoms with Crippen LogP contribution in [0.3, 0.4) is 0 Å². The van der Waals surface area contributed by atoms with Gasteiger partial charge in [0.05, 0.1) is 16.1 Å². The van der Waals surface area contributed by atoms with Crippen LogP contribution in [0.25, 0.3) is 10.9 Å². The summed E-state index contributed by atoms with van der Waals surface area (Å²) in [5.74, 6) is -0.700. The van der Waals surface area contributed by atoms with Gasteiger partial charge in [0.1, 0.15) is 5.82 Å². The third-order valence-corrected chi connectivity index (χ3v) is 6.52. The van der Waals surface area contributed by atoms with Crippen molar-refractivity contribution in [1.29, 1.82) is 0 Å². The number of hydrogen-bond acceptors (Lipinski definition) is 4. The van der Waals surface area contributed by atoms with E-state index in [0.717, 1.165) is 28.6 Å². The maximum absolute atomic E-state index is 13.0. The van der Waals surface area contributed by atoms with Crippen LogP contribution in [0.15, 0.2) is 59.6 Å². The summed E-state index contributed by atoms with van der Waals surface area (Å²) in [6.45, 7) is 2.13. The Labute approximate surface area is 169 Å². The number of hydrogen-bond donors (Lipinski definition) is 1. The van der Waals surface area contributed by atoms with Gasteiger partial charge in [0.25, 0.3) is 0 Å². The van der Waals surface area contributed by atoms with E-state index in [-0.39, 0.29) is 23.8 Å². The molecule has 6 nitrogen and oxygen atoms in total. The number of sulfonamides is 1. The van der Waals surface area contributed by atoms with Gasteiger partial charge in [0.15, 0.2) is 0 Å². The summed E-state index contributed by atoms with van der Waals surface area (Å²) in [7, 11) is -2.28. The van der Waals surface area contributed by atoms with Crippen LogP contribution in [0, 0.1) is 12.7 Å². The molecule has 1 heterocycles. The minimum Gasteiger partial charge on any atom is -0.325 e. The highest BCUT2D eigenvalue weighted by molar-refractivity contribution is 7.89. The van der Waals surface area contributed by atoms with E-state index < -0.39 is 15.8 Å². The number of anilines is 1.